The molecule has 4 rings (SSSR count). The molecule has 0 aromatic heterocycles. The average molecular weight is 574 g/mol. The van der Waals surface area contributed by atoms with Gasteiger partial charge in [0.05, 0.1) is 13.7 Å². The number of carbonyl (C=O) groups excluding carboxylic acids is 2. The van der Waals surface area contributed by atoms with Crippen LogP contribution < -0.4 is 14.8 Å². The third kappa shape index (κ3) is 9.32. The van der Waals surface area contributed by atoms with Crippen LogP contribution in [0.4, 0.5) is 0 Å². The zero-order chi connectivity index (χ0) is 29.2. The van der Waals surface area contributed by atoms with E-state index in [9.17, 15) is 9.59 Å². The number of nitrogens with one attached hydrogen (secondary N) is 1. The Morgan fingerprint density at radius 1 is 0.951 bits per heavy atom. The highest BCUT2D eigenvalue weighted by Gasteiger charge is 2.36. The molecule has 1 aromatic carbocycles. The summed E-state index contributed by atoms with van der Waals surface area (Å²) in [5, 5.41) is 3.56. The maximum absolute atomic E-state index is 13.8. The Bertz CT molecular complexity index is 978. The van der Waals surface area contributed by atoms with Crippen LogP contribution in [0.2, 0.25) is 0 Å². The van der Waals surface area contributed by atoms with E-state index in [0.29, 0.717) is 66.9 Å². The van der Waals surface area contributed by atoms with Crippen molar-refractivity contribution in [2.24, 2.45) is 23.7 Å². The molecule has 0 bridgehead atoms. The SMILES string of the molecule is COCCCOc1cc(C(=O)N(C[C@@H]2CNC[C@@H]2CN(CC2CC2)C(=O)CC2CCOCC2)C(C)C)ccc1OC. The largest absolute Gasteiger partial charge is 0.493 e. The van der Waals surface area contributed by atoms with Gasteiger partial charge in [0.25, 0.3) is 5.91 Å². The van der Waals surface area contributed by atoms with Crippen LogP contribution in [-0.2, 0) is 14.3 Å². The Morgan fingerprint density at radius 2 is 1.68 bits per heavy atom. The van der Waals surface area contributed by atoms with Crippen molar-refractivity contribution >= 4 is 11.8 Å². The first-order valence-electron chi connectivity index (χ1n) is 15.6. The van der Waals surface area contributed by atoms with E-state index in [1.807, 2.05) is 11.0 Å². The van der Waals surface area contributed by atoms with E-state index in [0.717, 1.165) is 58.7 Å². The monoisotopic (exact) mass is 573 g/mol. The van der Waals surface area contributed by atoms with E-state index in [1.54, 1.807) is 26.4 Å². The Balaban J connectivity index is 1.41. The maximum atomic E-state index is 13.8. The second-order valence-electron chi connectivity index (χ2n) is 12.3. The fraction of sp³-hybridized carbons (Fsp3) is 0.750. The minimum Gasteiger partial charge on any atom is -0.493 e. The molecule has 1 aliphatic carbocycles. The van der Waals surface area contributed by atoms with E-state index in [2.05, 4.69) is 24.1 Å². The van der Waals surface area contributed by atoms with Crippen LogP contribution in [0, 0.1) is 23.7 Å². The molecule has 2 aliphatic heterocycles. The minimum atomic E-state index is -0.0134. The molecule has 3 fully saturated rings. The predicted molar refractivity (Wildman–Crippen MR) is 158 cm³/mol. The topological polar surface area (TPSA) is 89.6 Å². The molecule has 2 atom stereocenters. The second kappa shape index (κ2) is 15.8. The zero-order valence-electron chi connectivity index (χ0n) is 25.6. The molecule has 2 saturated heterocycles. The van der Waals surface area contributed by atoms with Gasteiger partial charge in [-0.1, -0.05) is 0 Å². The lowest BCUT2D eigenvalue weighted by molar-refractivity contribution is -0.134. The van der Waals surface area contributed by atoms with Crippen LogP contribution in [0.1, 0.15) is 62.7 Å². The summed E-state index contributed by atoms with van der Waals surface area (Å²) in [4.78, 5) is 31.4. The van der Waals surface area contributed by atoms with Crippen molar-refractivity contribution in [1.82, 2.24) is 15.1 Å². The molecule has 9 heteroatoms. The smallest absolute Gasteiger partial charge is 0.254 e. The summed E-state index contributed by atoms with van der Waals surface area (Å²) in [5.41, 5.74) is 0.589. The van der Waals surface area contributed by atoms with Gasteiger partial charge in [-0.3, -0.25) is 9.59 Å². The van der Waals surface area contributed by atoms with E-state index >= 15 is 0 Å². The van der Waals surface area contributed by atoms with Gasteiger partial charge in [0.1, 0.15) is 0 Å². The van der Waals surface area contributed by atoms with Crippen molar-refractivity contribution in [2.45, 2.75) is 58.4 Å². The second-order valence-corrected chi connectivity index (χ2v) is 12.3. The van der Waals surface area contributed by atoms with E-state index in [-0.39, 0.29) is 17.9 Å². The van der Waals surface area contributed by atoms with Crippen LogP contribution in [0.25, 0.3) is 0 Å². The number of carbonyl (C=O) groups is 2. The van der Waals surface area contributed by atoms with Gasteiger partial charge in [0, 0.05) is 84.1 Å². The van der Waals surface area contributed by atoms with Gasteiger partial charge in [-0.15, -0.1) is 0 Å². The Morgan fingerprint density at radius 3 is 2.34 bits per heavy atom. The van der Waals surface area contributed by atoms with Crippen molar-refractivity contribution in [3.05, 3.63) is 23.8 Å². The number of ether oxygens (including phenoxy) is 4. The number of nitrogens with zero attached hydrogens (tertiary/aromatic N) is 2. The number of hydrogen-bond donors (Lipinski definition) is 1. The number of amides is 2. The first kappa shape index (κ1) is 31.6. The molecule has 41 heavy (non-hydrogen) atoms. The highest BCUT2D eigenvalue weighted by molar-refractivity contribution is 5.95. The summed E-state index contributed by atoms with van der Waals surface area (Å²) in [6.07, 6.45) is 5.79. The van der Waals surface area contributed by atoms with Crippen molar-refractivity contribution < 1.29 is 28.5 Å². The Labute approximate surface area is 246 Å². The Hall–Kier alpha value is -2.36. The summed E-state index contributed by atoms with van der Waals surface area (Å²) in [7, 11) is 3.27. The quantitative estimate of drug-likeness (QED) is 0.301. The maximum Gasteiger partial charge on any atom is 0.254 e. The normalized spacial score (nSPS) is 21.2. The van der Waals surface area contributed by atoms with Crippen LogP contribution >= 0.6 is 0 Å². The van der Waals surface area contributed by atoms with Crippen molar-refractivity contribution in [3.8, 4) is 11.5 Å². The Kier molecular flexibility index (Phi) is 12.1. The highest BCUT2D eigenvalue weighted by Crippen LogP contribution is 2.33. The molecular weight excluding hydrogens is 522 g/mol. The molecule has 0 spiro atoms. The van der Waals surface area contributed by atoms with E-state index < -0.39 is 0 Å². The van der Waals surface area contributed by atoms with Crippen LogP contribution in [-0.4, -0.2) is 101 Å². The van der Waals surface area contributed by atoms with Gasteiger partial charge < -0.3 is 34.1 Å². The summed E-state index contributed by atoms with van der Waals surface area (Å²) in [6.45, 7) is 10.8. The third-order valence-corrected chi connectivity index (χ3v) is 8.74. The van der Waals surface area contributed by atoms with Crippen LogP contribution in [0.5, 0.6) is 11.5 Å². The van der Waals surface area contributed by atoms with Gasteiger partial charge >= 0.3 is 0 Å². The lowest BCUT2D eigenvalue weighted by Gasteiger charge is -2.34. The molecular formula is C32H51N3O6. The van der Waals surface area contributed by atoms with Gasteiger partial charge in [-0.2, -0.15) is 0 Å². The molecule has 230 valence electrons. The van der Waals surface area contributed by atoms with E-state index in [1.165, 1.54) is 12.8 Å². The first-order valence-corrected chi connectivity index (χ1v) is 15.6. The van der Waals surface area contributed by atoms with Gasteiger partial charge in [-0.05, 0) is 81.4 Å². The third-order valence-electron chi connectivity index (χ3n) is 8.74. The number of methoxy groups -OCH3 is 2. The fourth-order valence-corrected chi connectivity index (χ4v) is 5.97. The first-order chi connectivity index (χ1) is 19.9. The van der Waals surface area contributed by atoms with Crippen molar-refractivity contribution in [2.75, 3.05) is 73.4 Å². The molecule has 2 heterocycles. The molecule has 0 unspecified atom stereocenters. The summed E-state index contributed by atoms with van der Waals surface area (Å²) in [5.74, 6) is 3.13. The van der Waals surface area contributed by atoms with Crippen LogP contribution in [0.3, 0.4) is 0 Å². The fourth-order valence-electron chi connectivity index (χ4n) is 5.97. The minimum absolute atomic E-state index is 0.0134. The van der Waals surface area contributed by atoms with Crippen molar-refractivity contribution in [1.29, 1.82) is 0 Å². The summed E-state index contributed by atoms with van der Waals surface area (Å²) >= 11 is 0. The molecule has 9 nitrogen and oxygen atoms in total. The molecule has 1 aromatic rings. The molecule has 3 aliphatic rings. The predicted octanol–water partition coefficient (Wildman–Crippen LogP) is 3.85. The number of hydrogen-bond acceptors (Lipinski definition) is 7. The molecule has 1 N–H and O–H groups in total. The average Bonchev–Trinajstić information content (AvgIpc) is 3.69. The summed E-state index contributed by atoms with van der Waals surface area (Å²) < 4.78 is 22.0. The van der Waals surface area contributed by atoms with Gasteiger partial charge in [0.2, 0.25) is 5.91 Å². The lowest BCUT2D eigenvalue weighted by atomic mass is 9.92. The molecule has 1 saturated carbocycles. The van der Waals surface area contributed by atoms with Crippen LogP contribution in [0.15, 0.2) is 18.2 Å². The number of rotatable bonds is 16. The standard InChI is InChI=1S/C32H51N3O6/c1-23(2)35(32(37)26-8-9-29(39-4)30(17-26)41-13-5-12-38-3)22-28-19-33-18-27(28)21-34(20-25-6-7-25)31(36)16-24-10-14-40-15-11-24/h8-9,17,23-25,27-28,33H,5-7,10-16,18-22H2,1-4H3/t27-,28+/m1/s1. The number of benzene rings is 1. The summed E-state index contributed by atoms with van der Waals surface area (Å²) in [6, 6.07) is 5.45. The van der Waals surface area contributed by atoms with Gasteiger partial charge in [-0.25, -0.2) is 0 Å². The zero-order valence-corrected chi connectivity index (χ0v) is 25.6. The van der Waals surface area contributed by atoms with Gasteiger partial charge in [0.15, 0.2) is 11.5 Å². The molecule has 0 radical (unpaired) electrons. The lowest BCUT2D eigenvalue weighted by Crippen LogP contribution is -2.45. The molecule has 2 amide bonds. The van der Waals surface area contributed by atoms with Crippen molar-refractivity contribution in [3.63, 3.8) is 0 Å². The van der Waals surface area contributed by atoms with E-state index in [4.69, 9.17) is 18.9 Å². The highest BCUT2D eigenvalue weighted by atomic mass is 16.5.